The van der Waals surface area contributed by atoms with Gasteiger partial charge in [0.25, 0.3) is 5.91 Å². The van der Waals surface area contributed by atoms with Gasteiger partial charge in [-0.2, -0.15) is 5.10 Å². The summed E-state index contributed by atoms with van der Waals surface area (Å²) in [5.74, 6) is -1.90. The van der Waals surface area contributed by atoms with Gasteiger partial charge in [0.05, 0.1) is 18.7 Å². The Morgan fingerprint density at radius 1 is 1.00 bits per heavy atom. The SMILES string of the molecule is Cc1ccc(Cn2nc(C)c(/C=C/C(=O)OCC(=O)NC(=O)Cc3ccccc3)c2Cl)cc1. The van der Waals surface area contributed by atoms with Crippen molar-refractivity contribution in [2.75, 3.05) is 6.61 Å². The second kappa shape index (κ2) is 11.2. The van der Waals surface area contributed by atoms with E-state index in [-0.39, 0.29) is 6.42 Å². The lowest BCUT2D eigenvalue weighted by Crippen LogP contribution is -2.35. The minimum atomic E-state index is -0.734. The molecule has 7 nitrogen and oxygen atoms in total. The van der Waals surface area contributed by atoms with Gasteiger partial charge in [-0.25, -0.2) is 9.48 Å². The molecule has 8 heteroatoms. The second-order valence-corrected chi connectivity index (χ2v) is 7.87. The molecule has 3 rings (SSSR count). The van der Waals surface area contributed by atoms with Crippen LogP contribution in [0.5, 0.6) is 0 Å². The maximum absolute atomic E-state index is 12.0. The van der Waals surface area contributed by atoms with Gasteiger partial charge < -0.3 is 4.74 Å². The number of rotatable bonds is 8. The number of ether oxygens (including phenoxy) is 1. The number of esters is 1. The van der Waals surface area contributed by atoms with Gasteiger partial charge in [0.1, 0.15) is 5.15 Å². The van der Waals surface area contributed by atoms with Crippen molar-refractivity contribution < 1.29 is 19.1 Å². The Morgan fingerprint density at radius 3 is 2.39 bits per heavy atom. The van der Waals surface area contributed by atoms with Crippen LogP contribution in [0.25, 0.3) is 6.08 Å². The molecule has 0 atom stereocenters. The van der Waals surface area contributed by atoms with Gasteiger partial charge >= 0.3 is 5.97 Å². The van der Waals surface area contributed by atoms with Crippen LogP contribution in [0.2, 0.25) is 5.15 Å². The minimum Gasteiger partial charge on any atom is -0.452 e. The largest absolute Gasteiger partial charge is 0.452 e. The zero-order valence-electron chi connectivity index (χ0n) is 18.4. The first-order chi connectivity index (χ1) is 15.8. The van der Waals surface area contributed by atoms with Gasteiger partial charge in [-0.3, -0.25) is 14.9 Å². The Kier molecular flexibility index (Phi) is 8.16. The number of benzene rings is 2. The molecule has 170 valence electrons. The van der Waals surface area contributed by atoms with Crippen LogP contribution in [0.15, 0.2) is 60.7 Å². The van der Waals surface area contributed by atoms with Crippen LogP contribution >= 0.6 is 11.6 Å². The molecule has 0 bridgehead atoms. The Balaban J connectivity index is 1.50. The predicted molar refractivity (Wildman–Crippen MR) is 126 cm³/mol. The highest BCUT2D eigenvalue weighted by molar-refractivity contribution is 6.31. The number of hydrogen-bond donors (Lipinski definition) is 1. The number of carbonyl (C=O) groups is 3. The summed E-state index contributed by atoms with van der Waals surface area (Å²) in [4.78, 5) is 35.8. The van der Waals surface area contributed by atoms with Crippen LogP contribution in [0.4, 0.5) is 0 Å². The number of hydrogen-bond acceptors (Lipinski definition) is 5. The lowest BCUT2D eigenvalue weighted by Gasteiger charge is -2.05. The lowest BCUT2D eigenvalue weighted by molar-refractivity contribution is -0.145. The first-order valence-electron chi connectivity index (χ1n) is 10.3. The van der Waals surface area contributed by atoms with E-state index in [1.807, 2.05) is 37.3 Å². The van der Waals surface area contributed by atoms with Crippen LogP contribution in [-0.4, -0.2) is 34.2 Å². The zero-order chi connectivity index (χ0) is 23.8. The third-order valence-electron chi connectivity index (χ3n) is 4.78. The summed E-state index contributed by atoms with van der Waals surface area (Å²) in [7, 11) is 0. The number of aryl methyl sites for hydroxylation is 2. The molecule has 0 spiro atoms. The average Bonchev–Trinajstić information content (AvgIpc) is 3.05. The van der Waals surface area contributed by atoms with E-state index >= 15 is 0 Å². The van der Waals surface area contributed by atoms with Crippen LogP contribution < -0.4 is 5.32 Å². The van der Waals surface area contributed by atoms with Gasteiger partial charge in [0, 0.05) is 11.6 Å². The molecule has 33 heavy (non-hydrogen) atoms. The third-order valence-corrected chi connectivity index (χ3v) is 5.18. The topological polar surface area (TPSA) is 90.3 Å². The van der Waals surface area contributed by atoms with E-state index in [2.05, 4.69) is 10.4 Å². The number of carbonyl (C=O) groups excluding carboxylic acids is 3. The predicted octanol–water partition coefficient (Wildman–Crippen LogP) is 3.64. The van der Waals surface area contributed by atoms with E-state index < -0.39 is 24.4 Å². The molecule has 0 aliphatic carbocycles. The number of amides is 2. The van der Waals surface area contributed by atoms with Crippen molar-refractivity contribution in [1.82, 2.24) is 15.1 Å². The van der Waals surface area contributed by atoms with Gasteiger partial charge in [-0.05, 0) is 31.1 Å². The summed E-state index contributed by atoms with van der Waals surface area (Å²) in [6.07, 6.45) is 2.73. The molecule has 0 aliphatic rings. The molecule has 1 aromatic heterocycles. The normalized spacial score (nSPS) is 10.9. The first kappa shape index (κ1) is 23.9. The molecule has 0 saturated carbocycles. The van der Waals surface area contributed by atoms with Crippen molar-refractivity contribution in [2.45, 2.75) is 26.8 Å². The summed E-state index contributed by atoms with van der Waals surface area (Å²) in [5.41, 5.74) is 4.23. The Bertz CT molecular complexity index is 1170. The molecule has 0 saturated heterocycles. The minimum absolute atomic E-state index is 0.0603. The Morgan fingerprint density at radius 2 is 1.70 bits per heavy atom. The molecular formula is C25H24ClN3O4. The van der Waals surface area contributed by atoms with Gasteiger partial charge in [-0.1, -0.05) is 71.8 Å². The highest BCUT2D eigenvalue weighted by atomic mass is 35.5. The highest BCUT2D eigenvalue weighted by Gasteiger charge is 2.13. The summed E-state index contributed by atoms with van der Waals surface area (Å²) < 4.78 is 6.56. The molecule has 0 aliphatic heterocycles. The molecule has 2 amide bonds. The Hall–Kier alpha value is -3.71. The summed E-state index contributed by atoms with van der Waals surface area (Å²) in [5, 5.41) is 7.01. The quantitative estimate of drug-likeness (QED) is 0.405. The molecule has 1 heterocycles. The van der Waals surface area contributed by atoms with E-state index in [0.717, 1.165) is 16.7 Å². The second-order valence-electron chi connectivity index (χ2n) is 7.51. The summed E-state index contributed by atoms with van der Waals surface area (Å²) in [6, 6.07) is 17.1. The fourth-order valence-electron chi connectivity index (χ4n) is 3.08. The number of halogens is 1. The molecule has 0 unspecified atom stereocenters. The lowest BCUT2D eigenvalue weighted by atomic mass is 10.1. The highest BCUT2D eigenvalue weighted by Crippen LogP contribution is 2.22. The van der Waals surface area contributed by atoms with Crippen molar-refractivity contribution in [1.29, 1.82) is 0 Å². The van der Waals surface area contributed by atoms with Crippen LogP contribution in [0.3, 0.4) is 0 Å². The van der Waals surface area contributed by atoms with Crippen LogP contribution in [0, 0.1) is 13.8 Å². The zero-order valence-corrected chi connectivity index (χ0v) is 19.1. The van der Waals surface area contributed by atoms with Crippen LogP contribution in [0.1, 0.15) is 27.9 Å². The van der Waals surface area contributed by atoms with Crippen molar-refractivity contribution in [3.8, 4) is 0 Å². The summed E-state index contributed by atoms with van der Waals surface area (Å²) >= 11 is 6.44. The number of imide groups is 1. The van der Waals surface area contributed by atoms with Crippen molar-refractivity contribution in [3.05, 3.63) is 93.8 Å². The number of aromatic nitrogens is 2. The molecular weight excluding hydrogens is 442 g/mol. The van der Waals surface area contributed by atoms with Gasteiger partial charge in [-0.15, -0.1) is 0 Å². The first-order valence-corrected chi connectivity index (χ1v) is 10.7. The molecule has 0 fully saturated rings. The van der Waals surface area contributed by atoms with Gasteiger partial charge in [0.2, 0.25) is 5.91 Å². The van der Waals surface area contributed by atoms with E-state index in [1.165, 1.54) is 12.2 Å². The van der Waals surface area contributed by atoms with Gasteiger partial charge in [0.15, 0.2) is 6.61 Å². The van der Waals surface area contributed by atoms with E-state index in [9.17, 15) is 14.4 Å². The molecule has 3 aromatic rings. The maximum atomic E-state index is 12.0. The Labute approximate surface area is 197 Å². The maximum Gasteiger partial charge on any atom is 0.331 e. The number of nitrogens with zero attached hydrogens (tertiary/aromatic N) is 2. The standard InChI is InChI=1S/C25H24ClN3O4/c1-17-8-10-20(11-9-17)15-29-25(26)21(18(2)28-29)12-13-24(32)33-16-23(31)27-22(30)14-19-6-4-3-5-7-19/h3-13H,14-16H2,1-2H3,(H,27,30,31)/b13-12+. The van der Waals surface area contributed by atoms with Crippen LogP contribution in [-0.2, 0) is 32.1 Å². The fraction of sp³-hybridized carbons (Fsp3) is 0.200. The molecule has 2 aromatic carbocycles. The van der Waals surface area contributed by atoms with Crippen molar-refractivity contribution in [2.24, 2.45) is 0 Å². The van der Waals surface area contributed by atoms with E-state index in [0.29, 0.717) is 23.0 Å². The monoisotopic (exact) mass is 465 g/mol. The average molecular weight is 466 g/mol. The molecule has 1 N–H and O–H groups in total. The van der Waals surface area contributed by atoms with E-state index in [1.54, 1.807) is 35.9 Å². The van der Waals surface area contributed by atoms with Crippen molar-refractivity contribution >= 4 is 35.5 Å². The molecule has 0 radical (unpaired) electrons. The smallest absolute Gasteiger partial charge is 0.331 e. The van der Waals surface area contributed by atoms with E-state index in [4.69, 9.17) is 16.3 Å². The number of nitrogens with one attached hydrogen (secondary N) is 1. The fourth-order valence-corrected chi connectivity index (χ4v) is 3.38. The summed E-state index contributed by atoms with van der Waals surface area (Å²) in [6.45, 7) is 3.73. The third kappa shape index (κ3) is 7.15. The van der Waals surface area contributed by atoms with Crippen molar-refractivity contribution in [3.63, 3.8) is 0 Å².